The molecule has 8 heteroatoms. The molecule has 1 saturated heterocycles. The molecule has 0 radical (unpaired) electrons. The van der Waals surface area contributed by atoms with E-state index in [0.29, 0.717) is 29.2 Å². The summed E-state index contributed by atoms with van der Waals surface area (Å²) < 4.78 is 2.75. The van der Waals surface area contributed by atoms with E-state index in [1.807, 2.05) is 22.8 Å². The fourth-order valence-corrected chi connectivity index (χ4v) is 6.46. The van der Waals surface area contributed by atoms with Gasteiger partial charge in [0.2, 0.25) is 5.88 Å². The number of carbonyl (C=O) groups is 1. The Labute approximate surface area is 201 Å². The Balaban J connectivity index is 1.50. The lowest BCUT2D eigenvalue weighted by molar-refractivity contribution is 0.0990. The van der Waals surface area contributed by atoms with Crippen molar-refractivity contribution in [2.75, 3.05) is 6.54 Å². The molecule has 2 aliphatic rings. The third kappa shape index (κ3) is 4.22. The van der Waals surface area contributed by atoms with Gasteiger partial charge in [0.1, 0.15) is 5.69 Å². The van der Waals surface area contributed by atoms with Gasteiger partial charge in [-0.1, -0.05) is 42.8 Å². The molecular weight excluding hydrogens is 482 g/mol. The number of nitrogens with zero attached hydrogens (tertiary/aromatic N) is 5. The molecule has 0 spiro atoms. The minimum atomic E-state index is -0.547. The molecule has 2 fully saturated rings. The average molecular weight is 510 g/mol. The molecule has 3 heterocycles. The van der Waals surface area contributed by atoms with Crippen LogP contribution in [0.25, 0.3) is 10.9 Å². The van der Waals surface area contributed by atoms with Gasteiger partial charge in [0.05, 0.1) is 12.2 Å². The lowest BCUT2D eigenvalue weighted by Gasteiger charge is -2.40. The van der Waals surface area contributed by atoms with E-state index in [2.05, 4.69) is 56.8 Å². The second-order valence-corrected chi connectivity index (χ2v) is 11.5. The van der Waals surface area contributed by atoms with Crippen LogP contribution in [0.1, 0.15) is 50.5 Å². The minimum Gasteiger partial charge on any atom is -0.493 e. The quantitative estimate of drug-likeness (QED) is 0.419. The van der Waals surface area contributed by atoms with E-state index in [-0.39, 0.29) is 11.6 Å². The number of hydrogen-bond donors (Lipinski definition) is 1. The van der Waals surface area contributed by atoms with E-state index >= 15 is 0 Å². The molecule has 0 unspecified atom stereocenters. The van der Waals surface area contributed by atoms with Gasteiger partial charge in [-0.25, -0.2) is 0 Å². The van der Waals surface area contributed by atoms with E-state index in [4.69, 9.17) is 0 Å². The van der Waals surface area contributed by atoms with Gasteiger partial charge in [0, 0.05) is 28.6 Å². The number of pyridine rings is 1. The van der Waals surface area contributed by atoms with Crippen molar-refractivity contribution in [3.05, 3.63) is 52.8 Å². The van der Waals surface area contributed by atoms with Gasteiger partial charge in [-0.05, 0) is 60.4 Å². The SMILES string of the molecule is CC1(C)C[C@H]2C[C@](C)(CN2Cn2c(O)c(N=NC(=O)c3ccccn3)c3cc(Br)ccc32)C1. The molecule has 1 saturated carbocycles. The first kappa shape index (κ1) is 22.2. The monoisotopic (exact) mass is 509 g/mol. The summed E-state index contributed by atoms with van der Waals surface area (Å²) in [6, 6.07) is 11.4. The van der Waals surface area contributed by atoms with Crippen molar-refractivity contribution in [1.82, 2.24) is 14.5 Å². The molecular formula is C25H28BrN5O2. The maximum atomic E-state index is 12.4. The summed E-state index contributed by atoms with van der Waals surface area (Å²) in [5, 5.41) is 20.0. The zero-order chi connectivity index (χ0) is 23.4. The van der Waals surface area contributed by atoms with Gasteiger partial charge in [-0.2, -0.15) is 0 Å². The van der Waals surface area contributed by atoms with E-state index in [1.165, 1.54) is 19.0 Å². The number of aromatic hydroxyl groups is 1. The first-order valence-corrected chi connectivity index (χ1v) is 12.1. The Morgan fingerprint density at radius 2 is 2.06 bits per heavy atom. The predicted molar refractivity (Wildman–Crippen MR) is 131 cm³/mol. The molecule has 1 aromatic carbocycles. The highest BCUT2D eigenvalue weighted by Crippen LogP contribution is 2.53. The summed E-state index contributed by atoms with van der Waals surface area (Å²) in [6.07, 6.45) is 5.09. The first-order chi connectivity index (χ1) is 15.6. The lowest BCUT2D eigenvalue weighted by atomic mass is 9.65. The Hall–Kier alpha value is -2.58. The normalized spacial score (nSPS) is 24.7. The number of azo groups is 1. The highest BCUT2D eigenvalue weighted by atomic mass is 79.9. The smallest absolute Gasteiger partial charge is 0.313 e. The van der Waals surface area contributed by atoms with Crippen molar-refractivity contribution in [3.8, 4) is 5.88 Å². The van der Waals surface area contributed by atoms with Gasteiger partial charge in [0.25, 0.3) is 0 Å². The van der Waals surface area contributed by atoms with Gasteiger partial charge in [0.15, 0.2) is 5.69 Å². The Kier molecular flexibility index (Phi) is 5.40. The highest BCUT2D eigenvalue weighted by Gasteiger charge is 2.49. The van der Waals surface area contributed by atoms with Crippen LogP contribution in [0, 0.1) is 10.8 Å². The largest absolute Gasteiger partial charge is 0.493 e. The van der Waals surface area contributed by atoms with Crippen LogP contribution >= 0.6 is 15.9 Å². The molecule has 3 aromatic rings. The van der Waals surface area contributed by atoms with Crippen LogP contribution < -0.4 is 0 Å². The Morgan fingerprint density at radius 3 is 2.82 bits per heavy atom. The molecule has 1 amide bonds. The number of likely N-dealkylation sites (tertiary alicyclic amines) is 1. The number of halogens is 1. The van der Waals surface area contributed by atoms with Crippen molar-refractivity contribution < 1.29 is 9.90 Å². The number of rotatable bonds is 4. The third-order valence-electron chi connectivity index (χ3n) is 6.94. The number of carbonyl (C=O) groups excluding carboxylic acids is 1. The van der Waals surface area contributed by atoms with Gasteiger partial charge >= 0.3 is 5.91 Å². The maximum absolute atomic E-state index is 12.4. The van der Waals surface area contributed by atoms with Crippen LogP contribution in [0.5, 0.6) is 5.88 Å². The average Bonchev–Trinajstić information content (AvgIpc) is 3.15. The van der Waals surface area contributed by atoms with Crippen molar-refractivity contribution >= 4 is 38.4 Å². The van der Waals surface area contributed by atoms with E-state index in [0.717, 1.165) is 28.3 Å². The Morgan fingerprint density at radius 1 is 1.24 bits per heavy atom. The summed E-state index contributed by atoms with van der Waals surface area (Å²) in [6.45, 7) is 8.68. The maximum Gasteiger partial charge on any atom is 0.313 e. The van der Waals surface area contributed by atoms with Crippen molar-refractivity contribution in [1.29, 1.82) is 0 Å². The predicted octanol–water partition coefficient (Wildman–Crippen LogP) is 6.29. The Bertz CT molecular complexity index is 1250. The lowest BCUT2D eigenvalue weighted by Crippen LogP contribution is -2.35. The number of fused-ring (bicyclic) bond motifs is 3. The molecule has 1 N–H and O–H groups in total. The van der Waals surface area contributed by atoms with E-state index in [1.54, 1.807) is 18.2 Å². The number of amides is 1. The van der Waals surface area contributed by atoms with Crippen molar-refractivity contribution in [2.45, 2.75) is 52.7 Å². The number of hydrogen-bond acceptors (Lipinski definition) is 5. The zero-order valence-electron chi connectivity index (χ0n) is 19.1. The topological polar surface area (TPSA) is 83.1 Å². The highest BCUT2D eigenvalue weighted by molar-refractivity contribution is 9.10. The van der Waals surface area contributed by atoms with Crippen molar-refractivity contribution in [3.63, 3.8) is 0 Å². The van der Waals surface area contributed by atoms with E-state index < -0.39 is 5.91 Å². The summed E-state index contributed by atoms with van der Waals surface area (Å²) in [7, 11) is 0. The summed E-state index contributed by atoms with van der Waals surface area (Å²) in [4.78, 5) is 18.9. The second-order valence-electron chi connectivity index (χ2n) is 10.6. The summed E-state index contributed by atoms with van der Waals surface area (Å²) >= 11 is 3.51. The first-order valence-electron chi connectivity index (χ1n) is 11.3. The molecule has 2 aromatic heterocycles. The van der Waals surface area contributed by atoms with Crippen LogP contribution in [-0.2, 0) is 6.67 Å². The van der Waals surface area contributed by atoms with E-state index in [9.17, 15) is 9.90 Å². The van der Waals surface area contributed by atoms with Crippen LogP contribution in [0.15, 0.2) is 57.3 Å². The molecule has 7 nitrogen and oxygen atoms in total. The minimum absolute atomic E-state index is 0.0199. The fraction of sp³-hybridized carbons (Fsp3) is 0.440. The van der Waals surface area contributed by atoms with Crippen molar-refractivity contribution in [2.24, 2.45) is 21.1 Å². The molecule has 2 atom stereocenters. The third-order valence-corrected chi connectivity index (χ3v) is 7.44. The number of aromatic nitrogens is 2. The second kappa shape index (κ2) is 8.02. The molecule has 2 bridgehead atoms. The van der Waals surface area contributed by atoms with Gasteiger partial charge < -0.3 is 5.11 Å². The van der Waals surface area contributed by atoms with Crippen LogP contribution in [0.2, 0.25) is 0 Å². The van der Waals surface area contributed by atoms with Crippen LogP contribution in [0.4, 0.5) is 5.69 Å². The summed E-state index contributed by atoms with van der Waals surface area (Å²) in [5.41, 5.74) is 1.99. The van der Waals surface area contributed by atoms with Crippen LogP contribution in [0.3, 0.4) is 0 Å². The molecule has 1 aliphatic heterocycles. The fourth-order valence-electron chi connectivity index (χ4n) is 6.10. The molecule has 172 valence electrons. The zero-order valence-corrected chi connectivity index (χ0v) is 20.7. The van der Waals surface area contributed by atoms with Crippen LogP contribution in [-0.4, -0.2) is 38.1 Å². The van der Waals surface area contributed by atoms with Gasteiger partial charge in [-0.15, -0.1) is 10.2 Å². The standard InChI is InChI=1S/C25H28BrN5O2/c1-24(2)11-17-12-25(3,13-24)14-30(17)15-31-20-8-7-16(26)10-18(20)21(23(31)33)28-29-22(32)19-6-4-5-9-27-19/h4-10,17,33H,11-15H2,1-3H3/t17-,25-/m0/s1. The summed E-state index contributed by atoms with van der Waals surface area (Å²) in [5.74, 6) is -0.527. The molecule has 1 aliphatic carbocycles. The molecule has 33 heavy (non-hydrogen) atoms. The number of benzene rings is 1. The van der Waals surface area contributed by atoms with Gasteiger partial charge in [-0.3, -0.25) is 19.2 Å². The molecule has 5 rings (SSSR count).